The van der Waals surface area contributed by atoms with Crippen LogP contribution in [0.2, 0.25) is 0 Å². The smallest absolute Gasteiger partial charge is 0.126 e. The maximum Gasteiger partial charge on any atom is 0.126 e. The van der Waals surface area contributed by atoms with E-state index in [1.165, 1.54) is 5.69 Å². The molecule has 2 heterocycles. The zero-order valence-corrected chi connectivity index (χ0v) is 10.6. The molecule has 1 fully saturated rings. The predicted octanol–water partition coefficient (Wildman–Crippen LogP) is 1.71. The van der Waals surface area contributed by atoms with Crippen molar-refractivity contribution in [2.24, 2.45) is 0 Å². The first kappa shape index (κ1) is 11.6. The molecule has 1 aromatic heterocycles. The number of aromatic amines is 1. The van der Waals surface area contributed by atoms with E-state index in [0.717, 1.165) is 25.6 Å². The highest BCUT2D eigenvalue weighted by molar-refractivity contribution is 5.13. The lowest BCUT2D eigenvalue weighted by atomic mass is 9.93. The summed E-state index contributed by atoms with van der Waals surface area (Å²) in [5.41, 5.74) is 1.31. The molecule has 0 bridgehead atoms. The highest BCUT2D eigenvalue weighted by Gasteiger charge is 2.25. The molecule has 0 saturated carbocycles. The Balaban J connectivity index is 2.18. The van der Waals surface area contributed by atoms with Crippen molar-refractivity contribution in [3.05, 3.63) is 17.7 Å². The van der Waals surface area contributed by atoms with Crippen LogP contribution in [0.5, 0.6) is 0 Å². The van der Waals surface area contributed by atoms with Gasteiger partial charge in [0.25, 0.3) is 0 Å². The van der Waals surface area contributed by atoms with Gasteiger partial charge < -0.3 is 9.72 Å². The van der Waals surface area contributed by atoms with Crippen LogP contribution in [-0.4, -0.2) is 41.7 Å². The molecule has 0 unspecified atom stereocenters. The lowest BCUT2D eigenvalue weighted by Gasteiger charge is -2.31. The summed E-state index contributed by atoms with van der Waals surface area (Å²) in [4.78, 5) is 10.2. The number of hydrogen-bond acceptors (Lipinski definition) is 3. The molecule has 0 radical (unpaired) electrons. The van der Waals surface area contributed by atoms with Gasteiger partial charge in [-0.1, -0.05) is 20.8 Å². The van der Waals surface area contributed by atoms with Crippen LogP contribution in [0.15, 0.2) is 6.20 Å². The minimum Gasteiger partial charge on any atom is -0.378 e. The van der Waals surface area contributed by atoms with Crippen molar-refractivity contribution < 1.29 is 4.74 Å². The highest BCUT2D eigenvalue weighted by Crippen LogP contribution is 2.24. The Bertz CT molecular complexity index is 353. The fourth-order valence-corrected chi connectivity index (χ4v) is 1.86. The summed E-state index contributed by atoms with van der Waals surface area (Å²) in [6.07, 6.45) is 1.94. The number of H-pyrrole nitrogens is 1. The van der Waals surface area contributed by atoms with Crippen LogP contribution in [0.1, 0.15) is 38.3 Å². The Morgan fingerprint density at radius 2 is 2.25 bits per heavy atom. The first-order valence-electron chi connectivity index (χ1n) is 5.82. The average molecular weight is 223 g/mol. The standard InChI is InChI=1S/C12H21N3O/c1-12(2,3)10-7-13-11(14-10)9-8-16-6-5-15(9)4/h7,9H,5-6,8H2,1-4H3,(H,13,14)/t9-/m0/s1. The van der Waals surface area contributed by atoms with Gasteiger partial charge >= 0.3 is 0 Å². The molecule has 1 N–H and O–H groups in total. The molecule has 1 atom stereocenters. The number of hydrogen-bond donors (Lipinski definition) is 1. The minimum absolute atomic E-state index is 0.124. The first-order chi connectivity index (χ1) is 7.48. The van der Waals surface area contributed by atoms with Crippen LogP contribution in [-0.2, 0) is 10.2 Å². The molecular weight excluding hydrogens is 202 g/mol. The van der Waals surface area contributed by atoms with Crippen LogP contribution in [0, 0.1) is 0 Å². The van der Waals surface area contributed by atoms with Crippen molar-refractivity contribution in [1.82, 2.24) is 14.9 Å². The van der Waals surface area contributed by atoms with E-state index in [-0.39, 0.29) is 11.5 Å². The van der Waals surface area contributed by atoms with Gasteiger partial charge in [-0.2, -0.15) is 0 Å². The van der Waals surface area contributed by atoms with Crippen molar-refractivity contribution >= 4 is 0 Å². The molecule has 2 rings (SSSR count). The SMILES string of the molecule is CN1CCOC[C@H]1c1ncc(C(C)(C)C)[nH]1. The van der Waals surface area contributed by atoms with E-state index >= 15 is 0 Å². The first-order valence-corrected chi connectivity index (χ1v) is 5.82. The number of imidazole rings is 1. The van der Waals surface area contributed by atoms with Gasteiger partial charge in [-0.3, -0.25) is 4.90 Å². The Kier molecular flexibility index (Phi) is 3.04. The second-order valence-electron chi connectivity index (χ2n) is 5.50. The number of rotatable bonds is 1. The molecule has 1 aliphatic rings. The maximum atomic E-state index is 5.50. The molecule has 0 amide bonds. The van der Waals surface area contributed by atoms with Crippen LogP contribution < -0.4 is 0 Å². The Labute approximate surface area is 97.0 Å². The van der Waals surface area contributed by atoms with Crippen molar-refractivity contribution in [2.75, 3.05) is 26.8 Å². The molecule has 0 aromatic carbocycles. The summed E-state index contributed by atoms with van der Waals surface area (Å²) in [5.74, 6) is 1.02. The molecule has 0 spiro atoms. The third-order valence-electron chi connectivity index (χ3n) is 3.12. The van der Waals surface area contributed by atoms with E-state index in [1.807, 2.05) is 6.20 Å². The Morgan fingerprint density at radius 3 is 2.81 bits per heavy atom. The Hall–Kier alpha value is -0.870. The summed E-state index contributed by atoms with van der Waals surface area (Å²) >= 11 is 0. The summed E-state index contributed by atoms with van der Waals surface area (Å²) in [6, 6.07) is 0.268. The van der Waals surface area contributed by atoms with E-state index in [2.05, 4.69) is 42.7 Å². The average Bonchev–Trinajstić information content (AvgIpc) is 2.66. The van der Waals surface area contributed by atoms with Gasteiger partial charge in [-0.15, -0.1) is 0 Å². The third-order valence-corrected chi connectivity index (χ3v) is 3.12. The van der Waals surface area contributed by atoms with Crippen molar-refractivity contribution in [3.63, 3.8) is 0 Å². The number of likely N-dealkylation sites (N-methyl/N-ethyl adjacent to an activating group) is 1. The summed E-state index contributed by atoms with van der Waals surface area (Å²) in [5, 5.41) is 0. The van der Waals surface area contributed by atoms with Crippen LogP contribution in [0.4, 0.5) is 0 Å². The number of morpholine rings is 1. The zero-order valence-electron chi connectivity index (χ0n) is 10.6. The summed E-state index contributed by atoms with van der Waals surface area (Å²) in [6.45, 7) is 9.08. The molecule has 1 saturated heterocycles. The lowest BCUT2D eigenvalue weighted by Crippen LogP contribution is -2.37. The molecule has 16 heavy (non-hydrogen) atoms. The Morgan fingerprint density at radius 1 is 1.50 bits per heavy atom. The van der Waals surface area contributed by atoms with Crippen LogP contribution in [0.25, 0.3) is 0 Å². The molecule has 4 heteroatoms. The van der Waals surface area contributed by atoms with Gasteiger partial charge in [0.15, 0.2) is 0 Å². The van der Waals surface area contributed by atoms with Crippen LogP contribution >= 0.6 is 0 Å². The van der Waals surface area contributed by atoms with E-state index in [4.69, 9.17) is 4.74 Å². The molecule has 1 aliphatic heterocycles. The van der Waals surface area contributed by atoms with Gasteiger partial charge in [-0.25, -0.2) is 4.98 Å². The monoisotopic (exact) mass is 223 g/mol. The van der Waals surface area contributed by atoms with Crippen molar-refractivity contribution in [3.8, 4) is 0 Å². The fourth-order valence-electron chi connectivity index (χ4n) is 1.86. The predicted molar refractivity (Wildman–Crippen MR) is 63.5 cm³/mol. The number of aromatic nitrogens is 2. The topological polar surface area (TPSA) is 41.1 Å². The molecule has 0 aliphatic carbocycles. The van der Waals surface area contributed by atoms with Crippen molar-refractivity contribution in [2.45, 2.75) is 32.2 Å². The molecule has 4 nitrogen and oxygen atoms in total. The second-order valence-corrected chi connectivity index (χ2v) is 5.50. The quantitative estimate of drug-likeness (QED) is 0.788. The minimum atomic E-state index is 0.124. The summed E-state index contributed by atoms with van der Waals surface area (Å²) in [7, 11) is 2.12. The van der Waals surface area contributed by atoms with Gasteiger partial charge in [-0.05, 0) is 7.05 Å². The molecule has 1 aromatic rings. The lowest BCUT2D eigenvalue weighted by molar-refractivity contribution is 0.00206. The molecule has 90 valence electrons. The van der Waals surface area contributed by atoms with Gasteiger partial charge in [0.05, 0.1) is 19.3 Å². The maximum absolute atomic E-state index is 5.50. The van der Waals surface area contributed by atoms with Gasteiger partial charge in [0.1, 0.15) is 5.82 Å². The highest BCUT2D eigenvalue weighted by atomic mass is 16.5. The summed E-state index contributed by atoms with van der Waals surface area (Å²) < 4.78 is 5.50. The largest absolute Gasteiger partial charge is 0.378 e. The van der Waals surface area contributed by atoms with E-state index in [9.17, 15) is 0 Å². The number of nitrogens with one attached hydrogen (secondary N) is 1. The van der Waals surface area contributed by atoms with Gasteiger partial charge in [0.2, 0.25) is 0 Å². The van der Waals surface area contributed by atoms with E-state index in [1.54, 1.807) is 0 Å². The molecular formula is C12H21N3O. The second kappa shape index (κ2) is 4.18. The number of ether oxygens (including phenoxy) is 1. The normalized spacial score (nSPS) is 23.6. The van der Waals surface area contributed by atoms with E-state index in [0.29, 0.717) is 0 Å². The van der Waals surface area contributed by atoms with E-state index < -0.39 is 0 Å². The van der Waals surface area contributed by atoms with Crippen molar-refractivity contribution in [1.29, 1.82) is 0 Å². The third kappa shape index (κ3) is 2.28. The van der Waals surface area contributed by atoms with Crippen LogP contribution in [0.3, 0.4) is 0 Å². The van der Waals surface area contributed by atoms with Gasteiger partial charge in [0, 0.05) is 23.9 Å². The zero-order chi connectivity index (χ0) is 11.8. The fraction of sp³-hybridized carbons (Fsp3) is 0.750. The number of nitrogens with zero attached hydrogens (tertiary/aromatic N) is 2.